The van der Waals surface area contributed by atoms with Gasteiger partial charge < -0.3 is 45.6 Å². The summed E-state index contributed by atoms with van der Waals surface area (Å²) in [4.78, 5) is 104. The van der Waals surface area contributed by atoms with Crippen molar-refractivity contribution in [2.75, 3.05) is 19.7 Å². The number of carbonyl (C=O) groups is 7. The summed E-state index contributed by atoms with van der Waals surface area (Å²) in [5.41, 5.74) is 0.880. The zero-order valence-electron chi connectivity index (χ0n) is 38.9. The molecule has 3 aromatic rings. The smallest absolute Gasteiger partial charge is 0.408 e. The van der Waals surface area contributed by atoms with Gasteiger partial charge >= 0.3 is 12.1 Å². The summed E-state index contributed by atoms with van der Waals surface area (Å²) >= 11 is 1.25. The molecule has 0 unspecified atom stereocenters. The number of benzene rings is 2. The quantitative estimate of drug-likeness (QED) is 0.107. The minimum Gasteiger partial charge on any atom is -0.461 e. The van der Waals surface area contributed by atoms with Crippen LogP contribution >= 0.6 is 11.3 Å². The minimum absolute atomic E-state index is 0.0999. The molecule has 8 atom stereocenters. The highest BCUT2D eigenvalue weighted by molar-refractivity contribution is 7.09. The van der Waals surface area contributed by atoms with Crippen LogP contribution in [0.15, 0.2) is 66.0 Å². The average molecular weight is 932 g/mol. The van der Waals surface area contributed by atoms with Crippen molar-refractivity contribution in [1.82, 2.24) is 36.1 Å². The number of amides is 6. The van der Waals surface area contributed by atoms with Gasteiger partial charge in [0.25, 0.3) is 0 Å². The first-order valence-corrected chi connectivity index (χ1v) is 23.7. The molecule has 18 heteroatoms. The summed E-state index contributed by atoms with van der Waals surface area (Å²) in [5.74, 6) is -4.03. The number of likely N-dealkylation sites (tertiary alicyclic amines) is 2. The van der Waals surface area contributed by atoms with Gasteiger partial charge in [0.1, 0.15) is 40.8 Å². The van der Waals surface area contributed by atoms with Gasteiger partial charge in [-0.15, -0.1) is 11.3 Å². The van der Waals surface area contributed by atoms with E-state index in [2.05, 4.69) is 26.3 Å². The van der Waals surface area contributed by atoms with E-state index in [1.807, 2.05) is 67.6 Å². The first kappa shape index (κ1) is 51.1. The maximum atomic E-state index is 14.5. The lowest BCUT2D eigenvalue weighted by Gasteiger charge is -2.32. The SMILES string of the molecule is CCOC(=O)c1csc([C@@H]2CCCN2C(=O)[C@H](Cc2ccccc2)NC(=O)[C@@H](NC(=O)[C@@H](NC(=O)[C@@H]2CCCN2C(=O)[C@H](Cc2ccccc2)NC(=O)OC(C)(C)C)[C@@H](C)CC)[C@H](C)O)n1. The summed E-state index contributed by atoms with van der Waals surface area (Å²) in [5, 5.41) is 24.2. The Labute approximate surface area is 390 Å². The number of esters is 1. The van der Waals surface area contributed by atoms with Gasteiger partial charge in [-0.25, -0.2) is 14.6 Å². The van der Waals surface area contributed by atoms with Crippen LogP contribution in [0.1, 0.15) is 113 Å². The number of aliphatic hydroxyl groups excluding tert-OH is 1. The monoisotopic (exact) mass is 931 g/mol. The lowest BCUT2D eigenvalue weighted by Crippen LogP contribution is -2.62. The van der Waals surface area contributed by atoms with Crippen LogP contribution in [0.2, 0.25) is 0 Å². The van der Waals surface area contributed by atoms with Crippen LogP contribution in [0.4, 0.5) is 4.79 Å². The van der Waals surface area contributed by atoms with Crippen molar-refractivity contribution in [2.45, 2.75) is 141 Å². The topological polar surface area (TPSA) is 226 Å². The Morgan fingerprint density at radius 2 is 1.33 bits per heavy atom. The number of hydrogen-bond acceptors (Lipinski definition) is 12. The van der Waals surface area contributed by atoms with Crippen LogP contribution in [0.3, 0.4) is 0 Å². The lowest BCUT2D eigenvalue weighted by molar-refractivity contribution is -0.142. The first-order valence-electron chi connectivity index (χ1n) is 22.8. The molecular weight excluding hydrogens is 867 g/mol. The van der Waals surface area contributed by atoms with Crippen LogP contribution < -0.4 is 21.3 Å². The molecule has 3 heterocycles. The summed E-state index contributed by atoms with van der Waals surface area (Å²) in [6.07, 6.45) is 0.544. The molecule has 0 radical (unpaired) electrons. The van der Waals surface area contributed by atoms with Crippen LogP contribution in [0.25, 0.3) is 0 Å². The molecule has 2 fully saturated rings. The number of aromatic nitrogens is 1. The van der Waals surface area contributed by atoms with Crippen molar-refractivity contribution in [3.63, 3.8) is 0 Å². The number of nitrogens with one attached hydrogen (secondary N) is 4. The molecule has 358 valence electrons. The van der Waals surface area contributed by atoms with E-state index in [0.717, 1.165) is 11.1 Å². The van der Waals surface area contributed by atoms with Crippen LogP contribution in [-0.4, -0.2) is 123 Å². The van der Waals surface area contributed by atoms with Gasteiger partial charge in [0.05, 0.1) is 18.8 Å². The minimum atomic E-state index is -1.53. The molecule has 2 aliphatic heterocycles. The highest BCUT2D eigenvalue weighted by Gasteiger charge is 2.42. The van der Waals surface area contributed by atoms with E-state index >= 15 is 0 Å². The van der Waals surface area contributed by atoms with Crippen molar-refractivity contribution in [2.24, 2.45) is 5.92 Å². The number of alkyl carbamates (subject to hydrolysis) is 1. The Bertz CT molecular complexity index is 2150. The molecule has 66 heavy (non-hydrogen) atoms. The fraction of sp³-hybridized carbons (Fsp3) is 0.542. The van der Waals surface area contributed by atoms with Crippen molar-refractivity contribution in [1.29, 1.82) is 0 Å². The number of aliphatic hydroxyl groups is 1. The Balaban J connectivity index is 1.32. The van der Waals surface area contributed by atoms with E-state index < -0.39 is 95.5 Å². The molecule has 6 amide bonds. The first-order chi connectivity index (χ1) is 31.4. The number of rotatable bonds is 19. The van der Waals surface area contributed by atoms with Crippen molar-refractivity contribution < 1.29 is 48.1 Å². The second-order valence-corrected chi connectivity index (χ2v) is 18.8. The third-order valence-corrected chi connectivity index (χ3v) is 12.6. The van der Waals surface area contributed by atoms with Gasteiger partial charge in [-0.2, -0.15) is 0 Å². The second-order valence-electron chi connectivity index (χ2n) is 17.9. The Morgan fingerprint density at radius 1 is 0.773 bits per heavy atom. The third-order valence-electron chi connectivity index (χ3n) is 11.7. The number of ether oxygens (including phenoxy) is 2. The van der Waals surface area contributed by atoms with E-state index in [-0.39, 0.29) is 31.7 Å². The highest BCUT2D eigenvalue weighted by atomic mass is 32.1. The van der Waals surface area contributed by atoms with Crippen molar-refractivity contribution >= 4 is 52.9 Å². The van der Waals surface area contributed by atoms with Gasteiger partial charge in [0.15, 0.2) is 5.69 Å². The molecule has 0 aliphatic carbocycles. The molecule has 0 spiro atoms. The van der Waals surface area contributed by atoms with Gasteiger partial charge in [-0.05, 0) is 77.3 Å². The van der Waals surface area contributed by atoms with Crippen molar-refractivity contribution in [3.05, 3.63) is 87.9 Å². The predicted molar refractivity (Wildman–Crippen MR) is 247 cm³/mol. The van der Waals surface area contributed by atoms with Crippen LogP contribution in [-0.2, 0) is 46.3 Å². The molecule has 2 aromatic carbocycles. The maximum absolute atomic E-state index is 14.5. The summed E-state index contributed by atoms with van der Waals surface area (Å²) in [7, 11) is 0. The van der Waals surface area contributed by atoms with E-state index in [9.17, 15) is 38.7 Å². The van der Waals surface area contributed by atoms with Crippen molar-refractivity contribution in [3.8, 4) is 0 Å². The molecule has 1 aromatic heterocycles. The molecule has 17 nitrogen and oxygen atoms in total. The number of nitrogens with zero attached hydrogens (tertiary/aromatic N) is 3. The summed E-state index contributed by atoms with van der Waals surface area (Å²) in [6, 6.07) is 12.0. The molecule has 0 saturated carbocycles. The zero-order valence-corrected chi connectivity index (χ0v) is 39.7. The van der Waals surface area contributed by atoms with Gasteiger partial charge in [-0.1, -0.05) is 80.9 Å². The lowest BCUT2D eigenvalue weighted by atomic mass is 9.96. The van der Waals surface area contributed by atoms with E-state index in [1.165, 1.54) is 23.2 Å². The molecule has 5 rings (SSSR count). The normalized spacial score (nSPS) is 18.8. The third kappa shape index (κ3) is 13.8. The zero-order chi connectivity index (χ0) is 48.1. The number of thiazole rings is 1. The van der Waals surface area contributed by atoms with E-state index in [1.54, 1.807) is 44.9 Å². The fourth-order valence-electron chi connectivity index (χ4n) is 8.14. The Morgan fingerprint density at radius 3 is 1.91 bits per heavy atom. The number of hydrogen-bond donors (Lipinski definition) is 5. The van der Waals surface area contributed by atoms with Gasteiger partial charge in [-0.3, -0.25) is 24.0 Å². The molecule has 2 aliphatic rings. The molecule has 5 N–H and O–H groups in total. The standard InChI is InChI=1S/C48H65N7O10S/c1-8-29(3)38(52-40(57)36-22-16-24-54(36)45(61)34(27-32-20-14-11-15-21-32)51-47(63)65-48(5,6)7)41(58)53-39(30(4)56)42(59)49-33(26-31-18-12-10-13-19-31)44(60)55-25-17-23-37(55)43-50-35(28-66-43)46(62)64-9-2/h10-15,18-21,28-30,33-34,36-39,56H,8-9,16-17,22-27H2,1-7H3,(H,49,59)(H,51,63)(H,52,57)(H,53,58)/t29-,30-,33-,34-,36-,37-,38-,39-/m0/s1. The van der Waals surface area contributed by atoms with Crippen LogP contribution in [0.5, 0.6) is 0 Å². The molecule has 0 bridgehead atoms. The maximum Gasteiger partial charge on any atom is 0.408 e. The largest absolute Gasteiger partial charge is 0.461 e. The predicted octanol–water partition coefficient (Wildman–Crippen LogP) is 4.23. The van der Waals surface area contributed by atoms with Gasteiger partial charge in [0, 0.05) is 31.3 Å². The fourth-order valence-corrected chi connectivity index (χ4v) is 9.08. The molecular formula is C48H65N7O10S. The number of carbonyl (C=O) groups excluding carboxylic acids is 7. The summed E-state index contributed by atoms with van der Waals surface area (Å²) < 4.78 is 10.6. The highest BCUT2D eigenvalue weighted by Crippen LogP contribution is 2.35. The van der Waals surface area contributed by atoms with E-state index in [0.29, 0.717) is 43.7 Å². The molecule has 2 saturated heterocycles. The summed E-state index contributed by atoms with van der Waals surface area (Å²) in [6.45, 7) is 12.6. The Hall–Kier alpha value is -5.88. The van der Waals surface area contributed by atoms with Crippen LogP contribution in [0, 0.1) is 5.92 Å². The Kier molecular flexibility index (Phi) is 18.2. The van der Waals surface area contributed by atoms with E-state index in [4.69, 9.17) is 9.47 Å². The average Bonchev–Trinajstić information content (AvgIpc) is 4.08. The van der Waals surface area contributed by atoms with Gasteiger partial charge in [0.2, 0.25) is 29.5 Å². The second kappa shape index (κ2) is 23.5.